The van der Waals surface area contributed by atoms with Crippen molar-refractivity contribution in [1.82, 2.24) is 14.9 Å². The fraction of sp³-hybridized carbons (Fsp3) is 0.619. The van der Waals surface area contributed by atoms with Crippen molar-refractivity contribution in [3.8, 4) is 0 Å². The van der Waals surface area contributed by atoms with Crippen LogP contribution in [0, 0.1) is 6.92 Å². The van der Waals surface area contributed by atoms with Gasteiger partial charge in [-0.15, -0.1) is 0 Å². The Morgan fingerprint density at radius 1 is 1.07 bits per heavy atom. The van der Waals surface area contributed by atoms with Crippen molar-refractivity contribution in [2.24, 2.45) is 0 Å². The highest BCUT2D eigenvalue weighted by Gasteiger charge is 2.33. The van der Waals surface area contributed by atoms with Gasteiger partial charge in [-0.2, -0.15) is 4.31 Å². The number of hydrogen-bond acceptors (Lipinski definition) is 5. The molecular weight excluding hydrogens is 406 g/mol. The normalized spacial score (nSPS) is 22.6. The number of carbonyl (C=O) groups excluding carboxylic acids is 2. The van der Waals surface area contributed by atoms with Crippen LogP contribution in [0.15, 0.2) is 29.2 Å². The fourth-order valence-electron chi connectivity index (χ4n) is 3.95. The molecule has 2 N–H and O–H groups in total. The van der Waals surface area contributed by atoms with E-state index in [-0.39, 0.29) is 23.6 Å². The Kier molecular flexibility index (Phi) is 7.85. The minimum Gasteiger partial charge on any atom is -0.376 e. The second-order valence-electron chi connectivity index (χ2n) is 7.97. The lowest BCUT2D eigenvalue weighted by Gasteiger charge is -2.34. The van der Waals surface area contributed by atoms with Gasteiger partial charge in [0.1, 0.15) is 0 Å². The van der Waals surface area contributed by atoms with Crippen LogP contribution >= 0.6 is 0 Å². The van der Waals surface area contributed by atoms with Crippen LogP contribution in [0.2, 0.25) is 0 Å². The largest absolute Gasteiger partial charge is 0.376 e. The first-order valence-electron chi connectivity index (χ1n) is 10.6. The average Bonchev–Trinajstić information content (AvgIpc) is 3.26. The van der Waals surface area contributed by atoms with Crippen molar-refractivity contribution in [2.75, 3.05) is 26.2 Å². The number of hydrogen-bond donors (Lipinski definition) is 2. The third kappa shape index (κ3) is 5.80. The predicted octanol–water partition coefficient (Wildman–Crippen LogP) is 1.34. The number of rotatable bonds is 7. The Balaban J connectivity index is 1.51. The second-order valence-corrected chi connectivity index (χ2v) is 9.86. The lowest BCUT2D eigenvalue weighted by Crippen LogP contribution is -2.47. The number of ether oxygens (including phenoxy) is 1. The average molecular weight is 438 g/mol. The van der Waals surface area contributed by atoms with Gasteiger partial charge < -0.3 is 15.4 Å². The van der Waals surface area contributed by atoms with Crippen LogP contribution in [0.25, 0.3) is 0 Å². The summed E-state index contributed by atoms with van der Waals surface area (Å²) in [5.41, 5.74) is 1.00. The van der Waals surface area contributed by atoms with Gasteiger partial charge in [0.25, 0.3) is 0 Å². The summed E-state index contributed by atoms with van der Waals surface area (Å²) in [6.07, 6.45) is 4.80. The molecule has 0 aliphatic carbocycles. The fourth-order valence-corrected chi connectivity index (χ4v) is 5.67. The number of sulfonamides is 1. The molecule has 1 aromatic carbocycles. The van der Waals surface area contributed by atoms with Crippen molar-refractivity contribution in [3.05, 3.63) is 29.8 Å². The van der Waals surface area contributed by atoms with Crippen molar-refractivity contribution in [3.63, 3.8) is 0 Å². The van der Waals surface area contributed by atoms with Gasteiger partial charge in [-0.05, 0) is 51.2 Å². The predicted molar refractivity (Wildman–Crippen MR) is 112 cm³/mol. The van der Waals surface area contributed by atoms with E-state index in [1.165, 1.54) is 0 Å². The van der Waals surface area contributed by atoms with Crippen molar-refractivity contribution in [2.45, 2.75) is 62.5 Å². The minimum atomic E-state index is -3.59. The van der Waals surface area contributed by atoms with Crippen molar-refractivity contribution in [1.29, 1.82) is 0 Å². The van der Waals surface area contributed by atoms with Crippen molar-refractivity contribution >= 4 is 21.8 Å². The molecule has 0 unspecified atom stereocenters. The zero-order valence-electron chi connectivity index (χ0n) is 17.4. The van der Waals surface area contributed by atoms with E-state index in [9.17, 15) is 18.0 Å². The lowest BCUT2D eigenvalue weighted by atomic mass is 10.0. The van der Waals surface area contributed by atoms with E-state index in [2.05, 4.69) is 10.6 Å². The van der Waals surface area contributed by atoms with E-state index in [0.717, 1.165) is 37.7 Å². The summed E-state index contributed by atoms with van der Waals surface area (Å²) in [4.78, 5) is 24.2. The first-order chi connectivity index (χ1) is 14.4. The van der Waals surface area contributed by atoms with Gasteiger partial charge >= 0.3 is 11.8 Å². The number of carbonyl (C=O) groups is 2. The van der Waals surface area contributed by atoms with Crippen LogP contribution in [0.4, 0.5) is 0 Å². The van der Waals surface area contributed by atoms with Gasteiger partial charge in [-0.1, -0.05) is 24.1 Å². The molecule has 9 heteroatoms. The molecule has 2 aliphatic rings. The van der Waals surface area contributed by atoms with E-state index in [4.69, 9.17) is 4.74 Å². The molecule has 0 saturated carbocycles. The molecule has 0 spiro atoms. The topological polar surface area (TPSA) is 105 Å². The molecule has 2 saturated heterocycles. The Hall–Kier alpha value is -1.97. The van der Waals surface area contributed by atoms with Crippen molar-refractivity contribution < 1.29 is 22.7 Å². The summed E-state index contributed by atoms with van der Waals surface area (Å²) >= 11 is 0. The number of aryl methyl sites for hydroxylation is 1. The van der Waals surface area contributed by atoms with Gasteiger partial charge in [-0.25, -0.2) is 8.42 Å². The molecule has 0 bridgehead atoms. The number of nitrogens with one attached hydrogen (secondary N) is 2. The highest BCUT2D eigenvalue weighted by molar-refractivity contribution is 7.89. The molecule has 2 atom stereocenters. The lowest BCUT2D eigenvalue weighted by molar-refractivity contribution is -0.139. The second kappa shape index (κ2) is 10.4. The molecule has 1 aromatic rings. The molecule has 2 aliphatic heterocycles. The number of benzene rings is 1. The molecule has 0 radical (unpaired) electrons. The van der Waals surface area contributed by atoms with Gasteiger partial charge in [0.05, 0.1) is 11.0 Å². The molecule has 2 heterocycles. The summed E-state index contributed by atoms with van der Waals surface area (Å²) in [6.45, 7) is 3.65. The van der Waals surface area contributed by atoms with E-state index < -0.39 is 21.8 Å². The van der Waals surface area contributed by atoms with E-state index in [1.807, 2.05) is 6.92 Å². The molecule has 166 valence electrons. The third-order valence-corrected chi connectivity index (χ3v) is 7.65. The Morgan fingerprint density at radius 3 is 2.50 bits per heavy atom. The SMILES string of the molecule is Cc1ccc(S(=O)(=O)N2CCCC[C@H]2CCNC(=O)C(=O)NC[C@@H]2CCCO2)cc1. The monoisotopic (exact) mass is 437 g/mol. The molecule has 2 amide bonds. The maximum Gasteiger partial charge on any atom is 0.309 e. The van der Waals surface area contributed by atoms with Crippen LogP contribution < -0.4 is 10.6 Å². The summed E-state index contributed by atoms with van der Waals surface area (Å²) in [5, 5.41) is 5.20. The third-order valence-electron chi connectivity index (χ3n) is 5.68. The molecule has 0 aromatic heterocycles. The molecule has 30 heavy (non-hydrogen) atoms. The first-order valence-corrected chi connectivity index (χ1v) is 12.1. The van der Waals surface area contributed by atoms with E-state index in [1.54, 1.807) is 28.6 Å². The molecule has 2 fully saturated rings. The molecule has 8 nitrogen and oxygen atoms in total. The Labute approximate surface area is 178 Å². The van der Waals surface area contributed by atoms with Crippen LogP contribution in [0.1, 0.15) is 44.1 Å². The standard InChI is InChI=1S/C21H31N3O5S/c1-16-7-9-19(10-8-16)30(27,28)24-13-3-2-5-17(24)11-12-22-20(25)21(26)23-15-18-6-4-14-29-18/h7-10,17-18H,2-6,11-15H2,1H3,(H,22,25)(H,23,26)/t17-,18-/m0/s1. The summed E-state index contributed by atoms with van der Waals surface area (Å²) in [6, 6.07) is 6.66. The zero-order valence-corrected chi connectivity index (χ0v) is 18.2. The summed E-state index contributed by atoms with van der Waals surface area (Å²) in [7, 11) is -3.59. The van der Waals surface area contributed by atoms with Gasteiger partial charge in [0.15, 0.2) is 0 Å². The minimum absolute atomic E-state index is 0.0236. The van der Waals surface area contributed by atoms with Gasteiger partial charge in [0.2, 0.25) is 10.0 Å². The molecule has 3 rings (SSSR count). The quantitative estimate of drug-likeness (QED) is 0.627. The zero-order chi connectivity index (χ0) is 21.6. The van der Waals surface area contributed by atoms with Crippen LogP contribution in [0.3, 0.4) is 0 Å². The number of nitrogens with zero attached hydrogens (tertiary/aromatic N) is 1. The first kappa shape index (κ1) is 22.7. The summed E-state index contributed by atoms with van der Waals surface area (Å²) < 4.78 is 33.1. The highest BCUT2D eigenvalue weighted by atomic mass is 32.2. The van der Waals surface area contributed by atoms with Crippen LogP contribution in [-0.4, -0.2) is 62.9 Å². The van der Waals surface area contributed by atoms with Gasteiger partial charge in [-0.3, -0.25) is 9.59 Å². The maximum atomic E-state index is 13.1. The van der Waals surface area contributed by atoms with E-state index in [0.29, 0.717) is 26.1 Å². The van der Waals surface area contributed by atoms with E-state index >= 15 is 0 Å². The van der Waals surface area contributed by atoms with Gasteiger partial charge in [0, 0.05) is 32.3 Å². The number of amides is 2. The van der Waals surface area contributed by atoms with Crippen LogP contribution in [-0.2, 0) is 24.3 Å². The maximum absolute atomic E-state index is 13.1. The molecular formula is C21H31N3O5S. The highest BCUT2D eigenvalue weighted by Crippen LogP contribution is 2.27. The van der Waals surface area contributed by atoms with Crippen LogP contribution in [0.5, 0.6) is 0 Å². The smallest absolute Gasteiger partial charge is 0.309 e. The number of piperidine rings is 1. The Bertz CT molecular complexity index is 835. The Morgan fingerprint density at radius 2 is 1.80 bits per heavy atom. The summed E-state index contributed by atoms with van der Waals surface area (Å²) in [5.74, 6) is -1.38.